The molecule has 1 fully saturated rings. The highest BCUT2D eigenvalue weighted by atomic mass is 32.2. The van der Waals surface area contributed by atoms with Crippen molar-refractivity contribution in [3.05, 3.63) is 101 Å². The number of ether oxygens (including phenoxy) is 1. The number of carbonyl (C=O) groups excluding carboxylic acids is 3. The third kappa shape index (κ3) is 6.48. The Kier molecular flexibility index (Phi) is 8.32. The first-order valence-corrected chi connectivity index (χ1v) is 15.1. The van der Waals surface area contributed by atoms with Crippen LogP contribution in [0, 0.1) is 6.92 Å². The average molecular weight is 603 g/mol. The number of benzene rings is 4. The number of fused-ring (bicyclic) bond motifs is 1. The Morgan fingerprint density at radius 3 is 2.48 bits per heavy atom. The number of anilines is 1. The SMILES string of the molecule is CC(=O)Nc1ccc(S(=O)(=O)Oc2ccc3ccccc3c2/C=C2\SC(=O)N(CCOc3cccc(C)c3)C2=O)cc1. The number of amides is 3. The number of hydrogen-bond acceptors (Lipinski definition) is 8. The fraction of sp³-hybridized carbons (Fsp3) is 0.129. The third-order valence-electron chi connectivity index (χ3n) is 6.32. The molecule has 0 saturated carbocycles. The Balaban J connectivity index is 1.41. The molecule has 1 aliphatic rings. The van der Waals surface area contributed by atoms with Crippen molar-refractivity contribution in [1.29, 1.82) is 0 Å². The van der Waals surface area contributed by atoms with Crippen LogP contribution < -0.4 is 14.2 Å². The predicted octanol–water partition coefficient (Wildman–Crippen LogP) is 5.99. The Labute approximate surface area is 247 Å². The molecule has 1 saturated heterocycles. The second kappa shape index (κ2) is 12.1. The van der Waals surface area contributed by atoms with Gasteiger partial charge >= 0.3 is 10.1 Å². The van der Waals surface area contributed by atoms with Crippen LogP contribution in [0.25, 0.3) is 16.8 Å². The van der Waals surface area contributed by atoms with Gasteiger partial charge < -0.3 is 14.2 Å². The maximum absolute atomic E-state index is 13.3. The largest absolute Gasteiger partial charge is 0.492 e. The van der Waals surface area contributed by atoms with Crippen LogP contribution in [0.5, 0.6) is 11.5 Å². The van der Waals surface area contributed by atoms with E-state index < -0.39 is 21.3 Å². The van der Waals surface area contributed by atoms with E-state index in [-0.39, 0.29) is 34.6 Å². The van der Waals surface area contributed by atoms with Gasteiger partial charge in [-0.05, 0) is 83.6 Å². The van der Waals surface area contributed by atoms with Crippen molar-refractivity contribution in [2.24, 2.45) is 0 Å². The van der Waals surface area contributed by atoms with E-state index in [1.807, 2.05) is 37.3 Å². The molecule has 214 valence electrons. The molecule has 0 radical (unpaired) electrons. The summed E-state index contributed by atoms with van der Waals surface area (Å²) in [7, 11) is -4.29. The molecule has 4 aromatic rings. The lowest BCUT2D eigenvalue weighted by Crippen LogP contribution is -2.32. The lowest BCUT2D eigenvalue weighted by atomic mass is 10.0. The van der Waals surface area contributed by atoms with Crippen LogP contribution >= 0.6 is 11.8 Å². The van der Waals surface area contributed by atoms with Gasteiger partial charge in [-0.25, -0.2) is 0 Å². The molecule has 42 heavy (non-hydrogen) atoms. The van der Waals surface area contributed by atoms with Crippen molar-refractivity contribution in [2.45, 2.75) is 18.7 Å². The van der Waals surface area contributed by atoms with Crippen molar-refractivity contribution < 1.29 is 31.7 Å². The van der Waals surface area contributed by atoms with Crippen molar-refractivity contribution in [3.63, 3.8) is 0 Å². The lowest BCUT2D eigenvalue weighted by molar-refractivity contribution is -0.123. The highest BCUT2D eigenvalue weighted by Crippen LogP contribution is 2.37. The second-order valence-corrected chi connectivity index (χ2v) is 12.0. The van der Waals surface area contributed by atoms with E-state index in [9.17, 15) is 22.8 Å². The van der Waals surface area contributed by atoms with E-state index in [2.05, 4.69) is 5.32 Å². The van der Waals surface area contributed by atoms with Crippen LogP contribution in [-0.2, 0) is 19.7 Å². The highest BCUT2D eigenvalue weighted by molar-refractivity contribution is 8.18. The van der Waals surface area contributed by atoms with Gasteiger partial charge in [0.1, 0.15) is 17.3 Å². The fourth-order valence-electron chi connectivity index (χ4n) is 4.36. The van der Waals surface area contributed by atoms with E-state index in [0.29, 0.717) is 22.4 Å². The Morgan fingerprint density at radius 1 is 0.976 bits per heavy atom. The molecule has 3 amide bonds. The maximum Gasteiger partial charge on any atom is 0.339 e. The standard InChI is InChI=1S/C31H26N2O7S2/c1-20-6-5-8-24(18-20)39-17-16-33-30(35)29(41-31(33)36)19-27-26-9-4-3-7-22(26)10-15-28(27)40-42(37,38)25-13-11-23(12-14-25)32-21(2)34/h3-15,18-19H,16-17H2,1-2H3,(H,32,34)/b29-19-. The molecule has 9 nitrogen and oxygen atoms in total. The van der Waals surface area contributed by atoms with Gasteiger partial charge in [0, 0.05) is 18.2 Å². The summed E-state index contributed by atoms with van der Waals surface area (Å²) in [5.74, 6) is -0.158. The molecule has 0 aliphatic carbocycles. The maximum atomic E-state index is 13.3. The first-order valence-electron chi connectivity index (χ1n) is 12.9. The summed E-state index contributed by atoms with van der Waals surface area (Å²) in [6.45, 7) is 3.46. The summed E-state index contributed by atoms with van der Waals surface area (Å²) < 4.78 is 37.7. The minimum atomic E-state index is -4.29. The van der Waals surface area contributed by atoms with Gasteiger partial charge in [-0.2, -0.15) is 8.42 Å². The van der Waals surface area contributed by atoms with Crippen LogP contribution in [0.2, 0.25) is 0 Å². The summed E-state index contributed by atoms with van der Waals surface area (Å²) >= 11 is 0.767. The zero-order valence-corrected chi connectivity index (χ0v) is 24.3. The van der Waals surface area contributed by atoms with Gasteiger partial charge in [-0.1, -0.05) is 42.5 Å². The van der Waals surface area contributed by atoms with E-state index in [0.717, 1.165) is 27.6 Å². The number of hydrogen-bond donors (Lipinski definition) is 1. The minimum Gasteiger partial charge on any atom is -0.492 e. The number of thioether (sulfide) groups is 1. The van der Waals surface area contributed by atoms with Gasteiger partial charge in [0.05, 0.1) is 11.4 Å². The molecule has 0 atom stereocenters. The van der Waals surface area contributed by atoms with E-state index >= 15 is 0 Å². The van der Waals surface area contributed by atoms with Crippen LogP contribution in [-0.4, -0.2) is 43.5 Å². The first-order chi connectivity index (χ1) is 20.1. The number of rotatable bonds is 9. The monoisotopic (exact) mass is 602 g/mol. The zero-order valence-electron chi connectivity index (χ0n) is 22.7. The van der Waals surface area contributed by atoms with E-state index in [1.165, 1.54) is 43.3 Å². The van der Waals surface area contributed by atoms with Crippen LogP contribution in [0.4, 0.5) is 10.5 Å². The molecule has 0 spiro atoms. The van der Waals surface area contributed by atoms with Crippen molar-refractivity contribution in [2.75, 3.05) is 18.5 Å². The smallest absolute Gasteiger partial charge is 0.339 e. The van der Waals surface area contributed by atoms with Crippen LogP contribution in [0.1, 0.15) is 18.1 Å². The molecular weight excluding hydrogens is 576 g/mol. The Hall–Kier alpha value is -4.61. The van der Waals surface area contributed by atoms with Crippen LogP contribution in [0.15, 0.2) is 94.7 Å². The summed E-state index contributed by atoms with van der Waals surface area (Å²) in [6.07, 6.45) is 1.49. The molecular formula is C31H26N2O7S2. The molecule has 1 heterocycles. The minimum absolute atomic E-state index is 0.00535. The second-order valence-electron chi connectivity index (χ2n) is 9.44. The first kappa shape index (κ1) is 28.9. The number of nitrogens with one attached hydrogen (secondary N) is 1. The van der Waals surface area contributed by atoms with Gasteiger partial charge in [0.15, 0.2) is 5.75 Å². The zero-order chi connectivity index (χ0) is 29.9. The summed E-state index contributed by atoms with van der Waals surface area (Å²) in [4.78, 5) is 38.4. The molecule has 11 heteroatoms. The number of aryl methyl sites for hydroxylation is 1. The topological polar surface area (TPSA) is 119 Å². The number of imide groups is 1. The summed E-state index contributed by atoms with van der Waals surface area (Å²) in [5.41, 5.74) is 1.81. The van der Waals surface area contributed by atoms with Gasteiger partial charge in [-0.15, -0.1) is 0 Å². The fourth-order valence-corrected chi connectivity index (χ4v) is 6.15. The van der Waals surface area contributed by atoms with E-state index in [1.54, 1.807) is 24.3 Å². The van der Waals surface area contributed by atoms with Crippen LogP contribution in [0.3, 0.4) is 0 Å². The summed E-state index contributed by atoms with van der Waals surface area (Å²) in [5, 5.41) is 3.56. The van der Waals surface area contributed by atoms with Gasteiger partial charge in [0.2, 0.25) is 5.91 Å². The average Bonchev–Trinajstić information content (AvgIpc) is 3.21. The highest BCUT2D eigenvalue weighted by Gasteiger charge is 2.35. The molecule has 0 bridgehead atoms. The molecule has 4 aromatic carbocycles. The lowest BCUT2D eigenvalue weighted by Gasteiger charge is -2.14. The summed E-state index contributed by atoms with van der Waals surface area (Å²) in [6, 6.07) is 23.5. The molecule has 0 unspecified atom stereocenters. The van der Waals surface area contributed by atoms with Gasteiger partial charge in [-0.3, -0.25) is 19.3 Å². The molecule has 1 N–H and O–H groups in total. The predicted molar refractivity (Wildman–Crippen MR) is 162 cm³/mol. The van der Waals surface area contributed by atoms with E-state index in [4.69, 9.17) is 8.92 Å². The van der Waals surface area contributed by atoms with Crippen molar-refractivity contribution in [3.8, 4) is 11.5 Å². The molecule has 0 aromatic heterocycles. The molecule has 5 rings (SSSR count). The quantitative estimate of drug-likeness (QED) is 0.183. The third-order valence-corrected chi connectivity index (χ3v) is 8.47. The normalized spacial score (nSPS) is 14.4. The van der Waals surface area contributed by atoms with Gasteiger partial charge in [0.25, 0.3) is 11.1 Å². The Morgan fingerprint density at radius 2 is 1.74 bits per heavy atom. The van der Waals surface area contributed by atoms with Crippen molar-refractivity contribution >= 4 is 61.5 Å². The number of carbonyl (C=O) groups is 3. The van der Waals surface area contributed by atoms with Crippen molar-refractivity contribution in [1.82, 2.24) is 4.90 Å². The Bertz CT molecular complexity index is 1830. The number of nitrogens with zero attached hydrogens (tertiary/aromatic N) is 1. The molecule has 1 aliphatic heterocycles.